The topological polar surface area (TPSA) is 109 Å². The molecular formula is C42H60N6O4S2. The first kappa shape index (κ1) is 41.8. The van der Waals surface area contributed by atoms with Crippen molar-refractivity contribution in [3.63, 3.8) is 0 Å². The van der Waals surface area contributed by atoms with Crippen molar-refractivity contribution in [2.75, 3.05) is 99.7 Å². The number of allylic oxidation sites excluding steroid dienone is 6. The molecule has 0 radical (unpaired) electrons. The van der Waals surface area contributed by atoms with Gasteiger partial charge in [0, 0.05) is 99.2 Å². The van der Waals surface area contributed by atoms with Crippen LogP contribution >= 0.6 is 23.5 Å². The van der Waals surface area contributed by atoms with Gasteiger partial charge in [-0.3, -0.25) is 14.4 Å². The number of anilines is 2. The van der Waals surface area contributed by atoms with E-state index in [0.29, 0.717) is 41.1 Å². The van der Waals surface area contributed by atoms with E-state index in [4.69, 9.17) is 0 Å². The van der Waals surface area contributed by atoms with Crippen LogP contribution in [-0.2, 0) is 14.4 Å². The van der Waals surface area contributed by atoms with Crippen LogP contribution in [-0.4, -0.2) is 133 Å². The molecule has 2 aliphatic heterocycles. The molecule has 54 heavy (non-hydrogen) atoms. The second-order valence-corrected chi connectivity index (χ2v) is 17.1. The molecule has 1 aromatic carbocycles. The number of aliphatic hydroxyl groups excluding tert-OH is 1. The van der Waals surface area contributed by atoms with Crippen molar-refractivity contribution in [3.8, 4) is 0 Å². The Kier molecular flexibility index (Phi) is 16.4. The number of nitrogens with one attached hydrogen (secondary N) is 1. The van der Waals surface area contributed by atoms with Gasteiger partial charge in [0.05, 0.1) is 22.5 Å². The molecule has 12 heteroatoms. The molecular weight excluding hydrogens is 717 g/mol. The Balaban J connectivity index is 1.42. The Bertz CT molecular complexity index is 1650. The van der Waals surface area contributed by atoms with Crippen LogP contribution in [0.25, 0.3) is 5.57 Å². The maximum absolute atomic E-state index is 14.2. The van der Waals surface area contributed by atoms with E-state index < -0.39 is 0 Å². The molecule has 2 heterocycles. The molecule has 0 saturated carbocycles. The number of nitrogens with zero attached hydrogens (tertiary/aromatic N) is 5. The Morgan fingerprint density at radius 1 is 0.778 bits per heavy atom. The predicted octanol–water partition coefficient (Wildman–Crippen LogP) is 6.82. The molecule has 1 aromatic rings. The zero-order valence-corrected chi connectivity index (χ0v) is 34.5. The zero-order chi connectivity index (χ0) is 38.5. The largest absolute Gasteiger partial charge is 0.506 e. The van der Waals surface area contributed by atoms with Gasteiger partial charge in [-0.05, 0) is 74.9 Å². The van der Waals surface area contributed by atoms with Gasteiger partial charge >= 0.3 is 0 Å². The number of Topliss-reactive ketones (excluding diaryl/α,β-unsaturated/α-hetero) is 1. The van der Waals surface area contributed by atoms with E-state index in [1.807, 2.05) is 36.4 Å². The minimum absolute atomic E-state index is 0.117. The maximum Gasteiger partial charge on any atom is 0.247 e. The number of amides is 2. The molecule has 0 atom stereocenters. The Morgan fingerprint density at radius 2 is 1.39 bits per heavy atom. The van der Waals surface area contributed by atoms with Crippen molar-refractivity contribution >= 4 is 63.8 Å². The van der Waals surface area contributed by atoms with Crippen LogP contribution in [0.15, 0.2) is 64.0 Å². The normalized spacial score (nSPS) is 20.5. The summed E-state index contributed by atoms with van der Waals surface area (Å²) >= 11 is 3.56. The fourth-order valence-corrected chi connectivity index (χ4v) is 8.82. The molecule has 0 unspecified atom stereocenters. The highest BCUT2D eigenvalue weighted by Crippen LogP contribution is 2.43. The molecule has 294 valence electrons. The SMILES string of the molecule is CCCCCSCCC(=O)N=C1C=C(N2CCN(C)CC2)C=C/C1=C1\C(=O)C(c2ccc(N3CCN(C)CC3)cc2NC(=O)CCSCCCCC)=C1O. The van der Waals surface area contributed by atoms with Gasteiger partial charge in [-0.15, -0.1) is 0 Å². The van der Waals surface area contributed by atoms with E-state index in [2.05, 4.69) is 57.9 Å². The molecule has 10 nitrogen and oxygen atoms in total. The Labute approximate surface area is 331 Å². The number of aliphatic hydroxyl groups is 1. The van der Waals surface area contributed by atoms with Crippen LogP contribution in [0.3, 0.4) is 0 Å². The molecule has 2 fully saturated rings. The molecule has 2 saturated heterocycles. The monoisotopic (exact) mass is 776 g/mol. The second-order valence-electron chi connectivity index (χ2n) is 14.6. The lowest BCUT2D eigenvalue weighted by molar-refractivity contribution is -0.117. The van der Waals surface area contributed by atoms with Gasteiger partial charge in [0.15, 0.2) is 0 Å². The van der Waals surface area contributed by atoms with Crippen LogP contribution in [0, 0.1) is 0 Å². The van der Waals surface area contributed by atoms with Gasteiger partial charge in [0.2, 0.25) is 17.6 Å². The summed E-state index contributed by atoms with van der Waals surface area (Å²) in [4.78, 5) is 54.3. The minimum Gasteiger partial charge on any atom is -0.506 e. The van der Waals surface area contributed by atoms with Crippen molar-refractivity contribution in [1.82, 2.24) is 14.7 Å². The number of carbonyl (C=O) groups is 3. The zero-order valence-electron chi connectivity index (χ0n) is 32.8. The van der Waals surface area contributed by atoms with Crippen LogP contribution in [0.2, 0.25) is 0 Å². The summed E-state index contributed by atoms with van der Waals surface area (Å²) in [6, 6.07) is 5.74. The number of ketones is 1. The highest BCUT2D eigenvalue weighted by Gasteiger charge is 2.39. The number of benzene rings is 1. The molecule has 4 aliphatic rings. The van der Waals surface area contributed by atoms with Crippen LogP contribution in [0.5, 0.6) is 0 Å². The third-order valence-electron chi connectivity index (χ3n) is 10.4. The fourth-order valence-electron chi connectivity index (χ4n) is 6.94. The van der Waals surface area contributed by atoms with E-state index in [0.717, 1.165) is 100 Å². The number of thioether (sulfide) groups is 2. The number of hydrogen-bond acceptors (Lipinski definition) is 10. The van der Waals surface area contributed by atoms with E-state index in [1.165, 1.54) is 19.3 Å². The first-order chi connectivity index (χ1) is 26.2. The molecule has 5 rings (SSSR count). The van der Waals surface area contributed by atoms with Crippen molar-refractivity contribution in [3.05, 3.63) is 64.6 Å². The fraction of sp³-hybridized carbons (Fsp3) is 0.571. The summed E-state index contributed by atoms with van der Waals surface area (Å²) < 4.78 is 0. The quantitative estimate of drug-likeness (QED) is 0.122. The smallest absolute Gasteiger partial charge is 0.247 e. The summed E-state index contributed by atoms with van der Waals surface area (Å²) in [6.07, 6.45) is 13.3. The first-order valence-corrected chi connectivity index (χ1v) is 22.2. The van der Waals surface area contributed by atoms with E-state index in [9.17, 15) is 19.5 Å². The first-order valence-electron chi connectivity index (χ1n) is 19.9. The maximum atomic E-state index is 14.2. The lowest BCUT2D eigenvalue weighted by Crippen LogP contribution is -2.44. The summed E-state index contributed by atoms with van der Waals surface area (Å²) in [5, 5.41) is 14.8. The lowest BCUT2D eigenvalue weighted by Gasteiger charge is -2.36. The summed E-state index contributed by atoms with van der Waals surface area (Å²) in [6.45, 7) is 11.5. The number of hydrogen-bond donors (Lipinski definition) is 2. The van der Waals surface area contributed by atoms with Crippen molar-refractivity contribution in [2.45, 2.75) is 65.2 Å². The van der Waals surface area contributed by atoms with Crippen LogP contribution < -0.4 is 10.2 Å². The molecule has 2 N–H and O–H groups in total. The van der Waals surface area contributed by atoms with Crippen LogP contribution in [0.4, 0.5) is 11.4 Å². The number of piperazine rings is 2. The van der Waals surface area contributed by atoms with Crippen LogP contribution in [0.1, 0.15) is 70.8 Å². The number of carbonyl (C=O) groups excluding carboxylic acids is 3. The average Bonchev–Trinajstić information content (AvgIpc) is 3.16. The van der Waals surface area contributed by atoms with Crippen molar-refractivity contribution in [2.24, 2.45) is 4.99 Å². The van der Waals surface area contributed by atoms with E-state index in [1.54, 1.807) is 23.5 Å². The summed E-state index contributed by atoms with van der Waals surface area (Å²) in [7, 11) is 4.22. The number of unbranched alkanes of at least 4 members (excludes halogenated alkanes) is 4. The second kappa shape index (κ2) is 21.1. The number of aliphatic imine (C=N–C) groups is 1. The molecule has 2 aliphatic carbocycles. The van der Waals surface area contributed by atoms with Gasteiger partial charge in [0.25, 0.3) is 0 Å². The number of likely N-dealkylation sites (N-methyl/N-ethyl adjacent to an activating group) is 2. The molecule has 0 spiro atoms. The van der Waals surface area contributed by atoms with E-state index in [-0.39, 0.29) is 34.5 Å². The van der Waals surface area contributed by atoms with Crippen molar-refractivity contribution in [1.29, 1.82) is 0 Å². The molecule has 0 bridgehead atoms. The molecule has 2 amide bonds. The highest BCUT2D eigenvalue weighted by molar-refractivity contribution is 7.99. The summed E-state index contributed by atoms with van der Waals surface area (Å²) in [5.74, 6) is 2.65. The standard InChI is InChI=1S/C42H60N6O4S2/c1-5-7-9-25-53-27-15-37(49)43-35-29-31(47-21-17-45(3)18-22-47)11-13-33(35)39-41(51)40(42(39)52)34-14-12-32(48-23-19-46(4)20-24-48)30-36(34)44-38(50)16-28-54-26-10-8-6-2/h11-14,29-30,51H,5-10,15-28H2,1-4H3,(H,43,49)/b40-34+,44-36?. The predicted molar refractivity (Wildman–Crippen MR) is 228 cm³/mol. The van der Waals surface area contributed by atoms with Gasteiger partial charge in [-0.25, -0.2) is 4.99 Å². The Morgan fingerprint density at radius 3 is 2.00 bits per heavy atom. The highest BCUT2D eigenvalue weighted by atomic mass is 32.2. The third kappa shape index (κ3) is 11.4. The Hall–Kier alpha value is -3.32. The third-order valence-corrected chi connectivity index (χ3v) is 12.6. The van der Waals surface area contributed by atoms with Gasteiger partial charge < -0.3 is 30.0 Å². The van der Waals surface area contributed by atoms with Gasteiger partial charge in [-0.2, -0.15) is 23.5 Å². The number of rotatable bonds is 18. The van der Waals surface area contributed by atoms with Crippen molar-refractivity contribution < 1.29 is 19.5 Å². The van der Waals surface area contributed by atoms with Gasteiger partial charge in [0.1, 0.15) is 5.76 Å². The summed E-state index contributed by atoms with van der Waals surface area (Å²) in [5.41, 5.74) is 4.09. The lowest BCUT2D eigenvalue weighted by atomic mass is 9.78. The van der Waals surface area contributed by atoms with E-state index >= 15 is 0 Å². The average molecular weight is 777 g/mol. The molecule has 0 aromatic heterocycles. The minimum atomic E-state index is -0.329. The van der Waals surface area contributed by atoms with Gasteiger partial charge in [-0.1, -0.05) is 39.5 Å².